The third-order valence-electron chi connectivity index (χ3n) is 3.57. The van der Waals surface area contributed by atoms with Gasteiger partial charge in [0.25, 0.3) is 0 Å². The van der Waals surface area contributed by atoms with Crippen LogP contribution in [0.2, 0.25) is 0 Å². The van der Waals surface area contributed by atoms with E-state index in [2.05, 4.69) is 37.0 Å². The lowest BCUT2D eigenvalue weighted by Crippen LogP contribution is -2.04. The lowest BCUT2D eigenvalue weighted by Gasteiger charge is -2.06. The molecule has 3 rings (SSSR count). The highest BCUT2D eigenvalue weighted by molar-refractivity contribution is 8.02. The summed E-state index contributed by atoms with van der Waals surface area (Å²) < 4.78 is 5.95. The Morgan fingerprint density at radius 3 is 2.12 bits per heavy atom. The van der Waals surface area contributed by atoms with Gasteiger partial charge >= 0.3 is 0 Å². The maximum absolute atomic E-state index is 5.95. The Hall–Kier alpha value is -2.78. The summed E-state index contributed by atoms with van der Waals surface area (Å²) in [6.07, 6.45) is 1.91. The summed E-state index contributed by atoms with van der Waals surface area (Å²) in [6, 6.07) is 26.0. The van der Waals surface area contributed by atoms with E-state index < -0.39 is 0 Å². The van der Waals surface area contributed by atoms with E-state index >= 15 is 0 Å². The van der Waals surface area contributed by atoms with Gasteiger partial charge in [0.2, 0.25) is 5.90 Å². The molecule has 0 aliphatic rings. The zero-order valence-electron chi connectivity index (χ0n) is 14.9. The highest BCUT2D eigenvalue weighted by Gasteiger charge is 2.01. The molecule has 130 valence electrons. The number of aliphatic imine (C=N–C) groups is 1. The van der Waals surface area contributed by atoms with Crippen LogP contribution in [0.3, 0.4) is 0 Å². The maximum Gasteiger partial charge on any atom is 0.220 e. The molecule has 0 aliphatic carbocycles. The standard InChI is InChI=1S/C23H21NOS/c1-18-15-19(2)17-22(16-18)26-14-13-23(24-20-9-5-3-6-10-20)25-21-11-7-4-8-12-21/h3-17H,1-2H3. The highest BCUT2D eigenvalue weighted by atomic mass is 32.2. The first-order chi connectivity index (χ1) is 12.7. The molecule has 3 aromatic rings. The summed E-state index contributed by atoms with van der Waals surface area (Å²) >= 11 is 1.66. The van der Waals surface area contributed by atoms with Gasteiger partial charge in [-0.15, -0.1) is 0 Å². The predicted octanol–water partition coefficient (Wildman–Crippen LogP) is 6.72. The van der Waals surface area contributed by atoms with E-state index in [0.29, 0.717) is 5.90 Å². The first-order valence-electron chi connectivity index (χ1n) is 8.47. The van der Waals surface area contributed by atoms with Crippen molar-refractivity contribution in [3.8, 4) is 5.75 Å². The summed E-state index contributed by atoms with van der Waals surface area (Å²) in [4.78, 5) is 5.82. The van der Waals surface area contributed by atoms with Crippen LogP contribution < -0.4 is 4.74 Å². The van der Waals surface area contributed by atoms with E-state index in [1.807, 2.05) is 72.1 Å². The molecule has 0 heterocycles. The Bertz CT molecular complexity index is 882. The van der Waals surface area contributed by atoms with E-state index in [9.17, 15) is 0 Å². The Morgan fingerprint density at radius 2 is 1.46 bits per heavy atom. The molecule has 0 N–H and O–H groups in total. The second-order valence-electron chi connectivity index (χ2n) is 5.94. The molecule has 0 amide bonds. The largest absolute Gasteiger partial charge is 0.439 e. The third kappa shape index (κ3) is 5.64. The summed E-state index contributed by atoms with van der Waals surface area (Å²) in [5, 5.41) is 2.01. The van der Waals surface area contributed by atoms with Crippen LogP contribution in [0.4, 0.5) is 5.69 Å². The van der Waals surface area contributed by atoms with Crippen LogP contribution in [0.15, 0.2) is 100 Å². The van der Waals surface area contributed by atoms with Crippen molar-refractivity contribution in [2.75, 3.05) is 0 Å². The van der Waals surface area contributed by atoms with Crippen LogP contribution in [0.5, 0.6) is 5.75 Å². The van der Waals surface area contributed by atoms with E-state index in [1.165, 1.54) is 16.0 Å². The molecule has 0 atom stereocenters. The fourth-order valence-corrected chi connectivity index (χ4v) is 3.35. The second kappa shape index (κ2) is 9.07. The highest BCUT2D eigenvalue weighted by Crippen LogP contribution is 2.23. The predicted molar refractivity (Wildman–Crippen MR) is 112 cm³/mol. The zero-order valence-corrected chi connectivity index (χ0v) is 15.7. The van der Waals surface area contributed by atoms with Gasteiger partial charge in [0, 0.05) is 11.0 Å². The molecular weight excluding hydrogens is 338 g/mol. The molecule has 0 aromatic heterocycles. The molecule has 0 fully saturated rings. The van der Waals surface area contributed by atoms with E-state index in [1.54, 1.807) is 11.8 Å². The van der Waals surface area contributed by atoms with E-state index in [0.717, 1.165) is 11.4 Å². The Labute approximate surface area is 159 Å². The number of ether oxygens (including phenoxy) is 1. The molecule has 0 saturated carbocycles. The maximum atomic E-state index is 5.95. The van der Waals surface area contributed by atoms with Crippen molar-refractivity contribution >= 4 is 23.3 Å². The molecule has 0 saturated heterocycles. The minimum atomic E-state index is 0.555. The van der Waals surface area contributed by atoms with Crippen molar-refractivity contribution in [2.45, 2.75) is 18.7 Å². The van der Waals surface area contributed by atoms with Crippen LogP contribution in [0.1, 0.15) is 11.1 Å². The summed E-state index contributed by atoms with van der Waals surface area (Å²) in [5.74, 6) is 1.32. The van der Waals surface area contributed by atoms with Crippen LogP contribution in [0, 0.1) is 13.8 Å². The van der Waals surface area contributed by atoms with Gasteiger partial charge in [0.15, 0.2) is 0 Å². The molecular formula is C23H21NOS. The van der Waals surface area contributed by atoms with Gasteiger partial charge in [-0.1, -0.05) is 54.2 Å². The SMILES string of the molecule is Cc1cc(C)cc(SC=CC(=Nc2ccccc2)Oc2ccccc2)c1. The van der Waals surface area contributed by atoms with Gasteiger partial charge in [-0.2, -0.15) is 0 Å². The van der Waals surface area contributed by atoms with Crippen molar-refractivity contribution in [1.29, 1.82) is 0 Å². The van der Waals surface area contributed by atoms with Gasteiger partial charge in [0.1, 0.15) is 5.75 Å². The number of hydrogen-bond donors (Lipinski definition) is 0. The van der Waals surface area contributed by atoms with Gasteiger partial charge in [-0.05, 0) is 66.8 Å². The van der Waals surface area contributed by atoms with Crippen molar-refractivity contribution < 1.29 is 4.74 Å². The van der Waals surface area contributed by atoms with E-state index in [-0.39, 0.29) is 0 Å². The van der Waals surface area contributed by atoms with Crippen LogP contribution in [-0.2, 0) is 0 Å². The molecule has 26 heavy (non-hydrogen) atoms. The monoisotopic (exact) mass is 359 g/mol. The minimum absolute atomic E-state index is 0.555. The zero-order chi connectivity index (χ0) is 18.2. The molecule has 0 bridgehead atoms. The molecule has 0 unspecified atom stereocenters. The lowest BCUT2D eigenvalue weighted by molar-refractivity contribution is 0.556. The number of aryl methyl sites for hydroxylation is 2. The summed E-state index contributed by atoms with van der Waals surface area (Å²) in [5.41, 5.74) is 3.39. The smallest absolute Gasteiger partial charge is 0.220 e. The number of nitrogens with zero attached hydrogens (tertiary/aromatic N) is 1. The second-order valence-corrected chi connectivity index (χ2v) is 6.92. The van der Waals surface area contributed by atoms with Gasteiger partial charge in [-0.3, -0.25) is 0 Å². The van der Waals surface area contributed by atoms with Crippen molar-refractivity contribution in [2.24, 2.45) is 4.99 Å². The Morgan fingerprint density at radius 1 is 0.846 bits per heavy atom. The van der Waals surface area contributed by atoms with Crippen molar-refractivity contribution in [3.63, 3.8) is 0 Å². The van der Waals surface area contributed by atoms with Crippen LogP contribution in [0.25, 0.3) is 0 Å². The molecule has 0 radical (unpaired) electrons. The van der Waals surface area contributed by atoms with Gasteiger partial charge in [0.05, 0.1) is 5.69 Å². The Kier molecular flexibility index (Phi) is 6.29. The Balaban J connectivity index is 1.79. The van der Waals surface area contributed by atoms with Gasteiger partial charge in [-0.25, -0.2) is 4.99 Å². The van der Waals surface area contributed by atoms with Crippen LogP contribution in [-0.4, -0.2) is 5.90 Å². The molecule has 3 aromatic carbocycles. The molecule has 0 spiro atoms. The fourth-order valence-electron chi connectivity index (χ4n) is 2.50. The number of hydrogen-bond acceptors (Lipinski definition) is 3. The first kappa shape index (κ1) is 18.0. The third-order valence-corrected chi connectivity index (χ3v) is 4.35. The number of para-hydroxylation sites is 2. The summed E-state index contributed by atoms with van der Waals surface area (Å²) in [7, 11) is 0. The fraction of sp³-hybridized carbons (Fsp3) is 0.0870. The normalized spacial score (nSPS) is 11.7. The average molecular weight is 359 g/mol. The van der Waals surface area contributed by atoms with Crippen molar-refractivity contribution in [1.82, 2.24) is 0 Å². The van der Waals surface area contributed by atoms with Crippen LogP contribution >= 0.6 is 11.8 Å². The molecule has 2 nitrogen and oxygen atoms in total. The number of rotatable bonds is 5. The average Bonchev–Trinajstić information content (AvgIpc) is 2.62. The number of thioether (sulfide) groups is 1. The quantitative estimate of drug-likeness (QED) is 0.286. The summed E-state index contributed by atoms with van der Waals surface area (Å²) in [6.45, 7) is 4.23. The minimum Gasteiger partial charge on any atom is -0.439 e. The number of benzene rings is 3. The van der Waals surface area contributed by atoms with Crippen molar-refractivity contribution in [3.05, 3.63) is 101 Å². The lowest BCUT2D eigenvalue weighted by atomic mass is 10.2. The topological polar surface area (TPSA) is 21.6 Å². The van der Waals surface area contributed by atoms with Gasteiger partial charge < -0.3 is 4.74 Å². The molecule has 0 aliphatic heterocycles. The molecule has 3 heteroatoms. The first-order valence-corrected chi connectivity index (χ1v) is 9.35. The van der Waals surface area contributed by atoms with E-state index in [4.69, 9.17) is 4.74 Å².